The lowest BCUT2D eigenvalue weighted by Gasteiger charge is -2.22. The Morgan fingerprint density at radius 3 is 2.74 bits per heavy atom. The molecule has 0 aliphatic heterocycles. The van der Waals surface area contributed by atoms with Gasteiger partial charge in [0.05, 0.1) is 12.5 Å². The Bertz CT molecular complexity index is 411. The number of rotatable bonds is 7. The molecule has 102 valence electrons. The van der Waals surface area contributed by atoms with Crippen LogP contribution in [0.25, 0.3) is 0 Å². The minimum absolute atomic E-state index is 0.0902. The predicted octanol–water partition coefficient (Wildman–Crippen LogP) is 2.91. The van der Waals surface area contributed by atoms with E-state index < -0.39 is 0 Å². The Hall–Kier alpha value is -2.02. The summed E-state index contributed by atoms with van der Waals surface area (Å²) in [6.45, 7) is 3.78. The summed E-state index contributed by atoms with van der Waals surface area (Å²) in [4.78, 5) is 13.7. The van der Waals surface area contributed by atoms with E-state index in [2.05, 4.69) is 18.3 Å². The molecule has 0 aromatic heterocycles. The van der Waals surface area contributed by atoms with Gasteiger partial charge in [-0.2, -0.15) is 5.26 Å². The molecule has 4 heteroatoms. The average molecular weight is 259 g/mol. The summed E-state index contributed by atoms with van der Waals surface area (Å²) in [6.07, 6.45) is 2.38. The molecule has 0 atom stereocenters. The molecule has 0 aliphatic rings. The third-order valence-electron chi connectivity index (χ3n) is 2.80. The lowest BCUT2D eigenvalue weighted by molar-refractivity contribution is 0.196. The minimum atomic E-state index is -0.0902. The number of unbranched alkanes of at least 4 members (excludes halogenated alkanes) is 1. The van der Waals surface area contributed by atoms with Crippen molar-refractivity contribution in [1.82, 2.24) is 10.2 Å². The van der Waals surface area contributed by atoms with Gasteiger partial charge in [-0.15, -0.1) is 0 Å². The fourth-order valence-electron chi connectivity index (χ4n) is 1.73. The Morgan fingerprint density at radius 2 is 2.11 bits per heavy atom. The van der Waals surface area contributed by atoms with Gasteiger partial charge in [0.25, 0.3) is 0 Å². The van der Waals surface area contributed by atoms with Gasteiger partial charge in [0, 0.05) is 19.6 Å². The van der Waals surface area contributed by atoms with Crippen molar-refractivity contribution in [1.29, 1.82) is 5.26 Å². The Morgan fingerprint density at radius 1 is 1.37 bits per heavy atom. The first kappa shape index (κ1) is 15.0. The largest absolute Gasteiger partial charge is 0.338 e. The maximum Gasteiger partial charge on any atom is 0.317 e. The zero-order chi connectivity index (χ0) is 13.9. The number of amides is 2. The summed E-state index contributed by atoms with van der Waals surface area (Å²) >= 11 is 0. The monoisotopic (exact) mass is 259 g/mol. The Kier molecular flexibility index (Phi) is 7.11. The van der Waals surface area contributed by atoms with Crippen molar-refractivity contribution in [2.75, 3.05) is 13.1 Å². The second kappa shape index (κ2) is 8.98. The van der Waals surface area contributed by atoms with Crippen LogP contribution in [0.15, 0.2) is 30.3 Å². The third-order valence-corrected chi connectivity index (χ3v) is 2.80. The Labute approximate surface area is 115 Å². The lowest BCUT2D eigenvalue weighted by atomic mass is 10.2. The number of urea groups is 1. The number of hydrogen-bond donors (Lipinski definition) is 1. The summed E-state index contributed by atoms with van der Waals surface area (Å²) in [5.41, 5.74) is 1.08. The molecular formula is C15H21N3O. The number of nitrogens with one attached hydrogen (secondary N) is 1. The van der Waals surface area contributed by atoms with Crippen LogP contribution < -0.4 is 5.32 Å². The molecule has 0 bridgehead atoms. The van der Waals surface area contributed by atoms with E-state index in [0.717, 1.165) is 18.4 Å². The maximum atomic E-state index is 12.0. The smallest absolute Gasteiger partial charge is 0.317 e. The second-order valence-corrected chi connectivity index (χ2v) is 4.40. The first-order valence-corrected chi connectivity index (χ1v) is 6.71. The fraction of sp³-hybridized carbons (Fsp3) is 0.467. The van der Waals surface area contributed by atoms with Crippen molar-refractivity contribution in [3.63, 3.8) is 0 Å². The molecule has 0 saturated carbocycles. The highest BCUT2D eigenvalue weighted by molar-refractivity contribution is 5.74. The van der Waals surface area contributed by atoms with Crippen molar-refractivity contribution >= 4 is 6.03 Å². The van der Waals surface area contributed by atoms with Crippen molar-refractivity contribution in [3.8, 4) is 6.07 Å². The first-order valence-electron chi connectivity index (χ1n) is 6.71. The number of hydrogen-bond acceptors (Lipinski definition) is 2. The van der Waals surface area contributed by atoms with E-state index in [4.69, 9.17) is 5.26 Å². The van der Waals surface area contributed by atoms with Crippen LogP contribution >= 0.6 is 0 Å². The molecule has 2 amide bonds. The molecule has 1 N–H and O–H groups in total. The quantitative estimate of drug-likeness (QED) is 0.765. The predicted molar refractivity (Wildman–Crippen MR) is 75.4 cm³/mol. The van der Waals surface area contributed by atoms with Gasteiger partial charge in [-0.05, 0) is 12.0 Å². The SMILES string of the molecule is CCCCNC(=O)N(CCC#N)Cc1ccccc1. The standard InChI is InChI=1S/C15H21N3O/c1-2-3-11-17-15(19)18(12-7-10-16)13-14-8-5-4-6-9-14/h4-6,8-9H,2-3,7,11-13H2,1H3,(H,17,19). The zero-order valence-corrected chi connectivity index (χ0v) is 11.4. The summed E-state index contributed by atoms with van der Waals surface area (Å²) in [6, 6.07) is 11.8. The van der Waals surface area contributed by atoms with Gasteiger partial charge in [-0.25, -0.2) is 4.79 Å². The van der Waals surface area contributed by atoms with Gasteiger partial charge in [0.15, 0.2) is 0 Å². The molecule has 1 aromatic carbocycles. The van der Waals surface area contributed by atoms with Crippen LogP contribution in [-0.2, 0) is 6.54 Å². The van der Waals surface area contributed by atoms with Gasteiger partial charge in [-0.1, -0.05) is 43.7 Å². The van der Waals surface area contributed by atoms with Gasteiger partial charge in [0.1, 0.15) is 0 Å². The van der Waals surface area contributed by atoms with Crippen LogP contribution in [0.4, 0.5) is 4.79 Å². The maximum absolute atomic E-state index is 12.0. The zero-order valence-electron chi connectivity index (χ0n) is 11.4. The molecule has 4 nitrogen and oxygen atoms in total. The van der Waals surface area contributed by atoms with Gasteiger partial charge >= 0.3 is 6.03 Å². The van der Waals surface area contributed by atoms with Gasteiger partial charge in [0.2, 0.25) is 0 Å². The van der Waals surface area contributed by atoms with Crippen LogP contribution in [-0.4, -0.2) is 24.0 Å². The van der Waals surface area contributed by atoms with E-state index in [9.17, 15) is 4.79 Å². The first-order chi connectivity index (χ1) is 9.27. The van der Waals surface area contributed by atoms with Crippen LogP contribution in [0.3, 0.4) is 0 Å². The van der Waals surface area contributed by atoms with E-state index in [1.54, 1.807) is 4.90 Å². The van der Waals surface area contributed by atoms with E-state index in [-0.39, 0.29) is 6.03 Å². The highest BCUT2D eigenvalue weighted by Crippen LogP contribution is 2.05. The second-order valence-electron chi connectivity index (χ2n) is 4.40. The molecule has 0 fully saturated rings. The van der Waals surface area contributed by atoms with E-state index in [0.29, 0.717) is 26.1 Å². The average Bonchev–Trinajstić information content (AvgIpc) is 2.44. The van der Waals surface area contributed by atoms with Gasteiger partial charge < -0.3 is 10.2 Å². The minimum Gasteiger partial charge on any atom is -0.338 e. The number of nitriles is 1. The molecule has 0 radical (unpaired) electrons. The van der Waals surface area contributed by atoms with Crippen molar-refractivity contribution in [2.24, 2.45) is 0 Å². The fourth-order valence-corrected chi connectivity index (χ4v) is 1.73. The molecule has 0 unspecified atom stereocenters. The lowest BCUT2D eigenvalue weighted by Crippen LogP contribution is -2.40. The number of carbonyl (C=O) groups excluding carboxylic acids is 1. The number of benzene rings is 1. The van der Waals surface area contributed by atoms with Crippen LogP contribution in [0.2, 0.25) is 0 Å². The third kappa shape index (κ3) is 5.91. The van der Waals surface area contributed by atoms with E-state index in [1.165, 1.54) is 0 Å². The highest BCUT2D eigenvalue weighted by atomic mass is 16.2. The summed E-state index contributed by atoms with van der Waals surface area (Å²) in [5.74, 6) is 0. The van der Waals surface area contributed by atoms with Crippen LogP contribution in [0, 0.1) is 11.3 Å². The summed E-state index contributed by atoms with van der Waals surface area (Å²) in [7, 11) is 0. The normalized spacial score (nSPS) is 9.68. The molecule has 19 heavy (non-hydrogen) atoms. The molecular weight excluding hydrogens is 238 g/mol. The summed E-state index contributed by atoms with van der Waals surface area (Å²) in [5, 5.41) is 11.6. The van der Waals surface area contributed by atoms with Crippen molar-refractivity contribution < 1.29 is 4.79 Å². The number of carbonyl (C=O) groups is 1. The van der Waals surface area contributed by atoms with Gasteiger partial charge in [-0.3, -0.25) is 0 Å². The molecule has 0 saturated heterocycles. The molecule has 0 spiro atoms. The van der Waals surface area contributed by atoms with Crippen molar-refractivity contribution in [3.05, 3.63) is 35.9 Å². The molecule has 1 rings (SSSR count). The molecule has 0 aliphatic carbocycles. The Balaban J connectivity index is 2.56. The molecule has 1 aromatic rings. The number of nitrogens with zero attached hydrogens (tertiary/aromatic N) is 2. The van der Waals surface area contributed by atoms with Crippen LogP contribution in [0.5, 0.6) is 0 Å². The van der Waals surface area contributed by atoms with E-state index in [1.807, 2.05) is 30.3 Å². The topological polar surface area (TPSA) is 56.1 Å². The molecule has 0 heterocycles. The van der Waals surface area contributed by atoms with E-state index >= 15 is 0 Å². The summed E-state index contributed by atoms with van der Waals surface area (Å²) < 4.78 is 0. The van der Waals surface area contributed by atoms with Crippen molar-refractivity contribution in [2.45, 2.75) is 32.7 Å². The van der Waals surface area contributed by atoms with Crippen LogP contribution in [0.1, 0.15) is 31.7 Å². The highest BCUT2D eigenvalue weighted by Gasteiger charge is 2.12.